The molecule has 1 aromatic carbocycles. The van der Waals surface area contributed by atoms with Gasteiger partial charge in [-0.25, -0.2) is 4.79 Å². The number of nitrogen functional groups attached to an aromatic ring is 1. The normalized spacial score (nSPS) is 13.8. The summed E-state index contributed by atoms with van der Waals surface area (Å²) < 4.78 is 4.72. The fraction of sp³-hybridized carbons (Fsp3) is 0.364. The average molecular weight is 191 g/mol. The summed E-state index contributed by atoms with van der Waals surface area (Å²) in [4.78, 5) is 11.4. The molecule has 1 aliphatic rings. The van der Waals surface area contributed by atoms with E-state index in [0.29, 0.717) is 11.3 Å². The van der Waals surface area contributed by atoms with Gasteiger partial charge in [-0.3, -0.25) is 0 Å². The Kier molecular flexibility index (Phi) is 2.15. The number of hydrogen-bond acceptors (Lipinski definition) is 3. The van der Waals surface area contributed by atoms with Crippen molar-refractivity contribution in [3.8, 4) is 0 Å². The van der Waals surface area contributed by atoms with Crippen molar-refractivity contribution >= 4 is 11.7 Å². The lowest BCUT2D eigenvalue weighted by molar-refractivity contribution is 0.0599. The second-order valence-electron chi connectivity index (χ2n) is 3.55. The Morgan fingerprint density at radius 1 is 1.43 bits per heavy atom. The Morgan fingerprint density at radius 2 is 2.21 bits per heavy atom. The molecule has 2 rings (SSSR count). The van der Waals surface area contributed by atoms with Crippen molar-refractivity contribution in [1.29, 1.82) is 0 Å². The standard InChI is InChI=1S/C11H13NO2/c1-14-11(13)10-6-8(12)5-7-3-2-4-9(7)10/h5-6H,2-4,12H2,1H3. The smallest absolute Gasteiger partial charge is 0.338 e. The van der Waals surface area contributed by atoms with Crippen molar-refractivity contribution in [2.75, 3.05) is 12.8 Å². The van der Waals surface area contributed by atoms with E-state index in [-0.39, 0.29) is 5.97 Å². The van der Waals surface area contributed by atoms with E-state index in [0.717, 1.165) is 24.8 Å². The molecule has 74 valence electrons. The van der Waals surface area contributed by atoms with Crippen molar-refractivity contribution in [3.63, 3.8) is 0 Å². The number of carbonyl (C=O) groups is 1. The zero-order valence-electron chi connectivity index (χ0n) is 8.17. The van der Waals surface area contributed by atoms with E-state index < -0.39 is 0 Å². The van der Waals surface area contributed by atoms with Gasteiger partial charge in [0.15, 0.2) is 0 Å². The zero-order valence-corrected chi connectivity index (χ0v) is 8.17. The number of rotatable bonds is 1. The number of benzene rings is 1. The molecule has 3 nitrogen and oxygen atoms in total. The highest BCUT2D eigenvalue weighted by Gasteiger charge is 2.20. The average Bonchev–Trinajstić information content (AvgIpc) is 2.62. The van der Waals surface area contributed by atoms with E-state index in [4.69, 9.17) is 10.5 Å². The minimum Gasteiger partial charge on any atom is -0.465 e. The number of esters is 1. The fourth-order valence-corrected chi connectivity index (χ4v) is 2.02. The largest absolute Gasteiger partial charge is 0.465 e. The molecule has 0 radical (unpaired) electrons. The highest BCUT2D eigenvalue weighted by atomic mass is 16.5. The zero-order chi connectivity index (χ0) is 10.1. The highest BCUT2D eigenvalue weighted by Crippen LogP contribution is 2.28. The van der Waals surface area contributed by atoms with Crippen molar-refractivity contribution < 1.29 is 9.53 Å². The number of methoxy groups -OCH3 is 1. The van der Waals surface area contributed by atoms with Crippen molar-refractivity contribution in [1.82, 2.24) is 0 Å². The van der Waals surface area contributed by atoms with Crippen LogP contribution in [-0.4, -0.2) is 13.1 Å². The minimum atomic E-state index is -0.282. The van der Waals surface area contributed by atoms with Gasteiger partial charge in [0.25, 0.3) is 0 Å². The first-order valence-electron chi connectivity index (χ1n) is 4.72. The van der Waals surface area contributed by atoms with Crippen LogP contribution in [0.1, 0.15) is 27.9 Å². The van der Waals surface area contributed by atoms with Crippen LogP contribution in [0.4, 0.5) is 5.69 Å². The Bertz CT molecular complexity index is 385. The molecule has 1 aliphatic carbocycles. The Morgan fingerprint density at radius 3 is 2.93 bits per heavy atom. The second-order valence-corrected chi connectivity index (χ2v) is 3.55. The summed E-state index contributed by atoms with van der Waals surface area (Å²) in [6, 6.07) is 3.66. The maximum atomic E-state index is 11.4. The monoisotopic (exact) mass is 191 g/mol. The van der Waals surface area contributed by atoms with E-state index in [9.17, 15) is 4.79 Å². The van der Waals surface area contributed by atoms with Crippen LogP contribution in [0.25, 0.3) is 0 Å². The first kappa shape index (κ1) is 9.06. The van der Waals surface area contributed by atoms with E-state index in [2.05, 4.69) is 0 Å². The first-order valence-corrected chi connectivity index (χ1v) is 4.72. The molecule has 0 unspecified atom stereocenters. The van der Waals surface area contributed by atoms with Gasteiger partial charge in [0, 0.05) is 5.69 Å². The molecule has 0 aliphatic heterocycles. The van der Waals surface area contributed by atoms with Crippen LogP contribution < -0.4 is 5.73 Å². The molecule has 0 aromatic heterocycles. The van der Waals surface area contributed by atoms with Crippen molar-refractivity contribution in [3.05, 3.63) is 28.8 Å². The first-order chi connectivity index (χ1) is 6.72. The van der Waals surface area contributed by atoms with E-state index in [1.165, 1.54) is 12.7 Å². The Labute approximate surface area is 82.9 Å². The molecule has 2 N–H and O–H groups in total. The van der Waals surface area contributed by atoms with Gasteiger partial charge in [-0.15, -0.1) is 0 Å². The maximum absolute atomic E-state index is 11.4. The molecule has 0 saturated heterocycles. The van der Waals surface area contributed by atoms with Crippen molar-refractivity contribution in [2.24, 2.45) is 0 Å². The molecule has 0 bridgehead atoms. The van der Waals surface area contributed by atoms with Gasteiger partial charge in [0.05, 0.1) is 12.7 Å². The predicted molar refractivity (Wildman–Crippen MR) is 54.2 cm³/mol. The molecule has 1 aromatic rings. The van der Waals surface area contributed by atoms with Crippen LogP contribution in [0.15, 0.2) is 12.1 Å². The van der Waals surface area contributed by atoms with Crippen molar-refractivity contribution in [2.45, 2.75) is 19.3 Å². The van der Waals surface area contributed by atoms with Gasteiger partial charge in [0.1, 0.15) is 0 Å². The summed E-state index contributed by atoms with van der Waals surface area (Å²) in [5.41, 5.74) is 9.32. The summed E-state index contributed by atoms with van der Waals surface area (Å²) in [7, 11) is 1.40. The van der Waals surface area contributed by atoms with Crippen LogP contribution in [0.3, 0.4) is 0 Å². The number of fused-ring (bicyclic) bond motifs is 1. The van der Waals surface area contributed by atoms with Gasteiger partial charge in [-0.05, 0) is 42.5 Å². The highest BCUT2D eigenvalue weighted by molar-refractivity contribution is 5.92. The molecule has 3 heteroatoms. The van der Waals surface area contributed by atoms with Crippen LogP contribution in [0, 0.1) is 0 Å². The van der Waals surface area contributed by atoms with Crippen LogP contribution in [0.2, 0.25) is 0 Å². The number of carbonyl (C=O) groups excluding carboxylic acids is 1. The van der Waals surface area contributed by atoms with Gasteiger partial charge in [-0.1, -0.05) is 0 Å². The summed E-state index contributed by atoms with van der Waals surface area (Å²) in [5, 5.41) is 0. The molecule has 0 heterocycles. The molecule has 0 saturated carbocycles. The Balaban J connectivity index is 2.54. The third-order valence-corrected chi connectivity index (χ3v) is 2.64. The third kappa shape index (κ3) is 1.35. The summed E-state index contributed by atoms with van der Waals surface area (Å²) in [6.45, 7) is 0. The predicted octanol–water partition coefficient (Wildman–Crippen LogP) is 1.54. The van der Waals surface area contributed by atoms with Crippen LogP contribution in [-0.2, 0) is 17.6 Å². The Hall–Kier alpha value is -1.51. The fourth-order valence-electron chi connectivity index (χ4n) is 2.02. The number of ether oxygens (including phenoxy) is 1. The topological polar surface area (TPSA) is 52.3 Å². The molecule has 0 spiro atoms. The SMILES string of the molecule is COC(=O)c1cc(N)cc2c1CCC2. The summed E-state index contributed by atoms with van der Waals surface area (Å²) in [6.07, 6.45) is 3.08. The number of anilines is 1. The number of hydrogen-bond donors (Lipinski definition) is 1. The van der Waals surface area contributed by atoms with Gasteiger partial charge in [-0.2, -0.15) is 0 Å². The maximum Gasteiger partial charge on any atom is 0.338 e. The van der Waals surface area contributed by atoms with Gasteiger partial charge < -0.3 is 10.5 Å². The molecular weight excluding hydrogens is 178 g/mol. The van der Waals surface area contributed by atoms with Gasteiger partial charge >= 0.3 is 5.97 Å². The number of aryl methyl sites for hydroxylation is 1. The summed E-state index contributed by atoms with van der Waals surface area (Å²) >= 11 is 0. The lowest BCUT2D eigenvalue weighted by Gasteiger charge is -2.07. The van der Waals surface area contributed by atoms with E-state index in [1.807, 2.05) is 6.07 Å². The molecule has 0 fully saturated rings. The summed E-state index contributed by atoms with van der Waals surface area (Å²) in [5.74, 6) is -0.282. The van der Waals surface area contributed by atoms with Gasteiger partial charge in [0.2, 0.25) is 0 Å². The lowest BCUT2D eigenvalue weighted by atomic mass is 10.0. The van der Waals surface area contributed by atoms with E-state index >= 15 is 0 Å². The third-order valence-electron chi connectivity index (χ3n) is 2.64. The van der Waals surface area contributed by atoms with E-state index in [1.54, 1.807) is 6.07 Å². The lowest BCUT2D eigenvalue weighted by Crippen LogP contribution is -2.06. The van der Waals surface area contributed by atoms with Crippen LogP contribution >= 0.6 is 0 Å². The number of nitrogens with two attached hydrogens (primary N) is 1. The molecule has 14 heavy (non-hydrogen) atoms. The quantitative estimate of drug-likeness (QED) is 0.541. The minimum absolute atomic E-state index is 0.282. The molecule has 0 amide bonds. The molecular formula is C11H13NO2. The van der Waals surface area contributed by atoms with Crippen LogP contribution in [0.5, 0.6) is 0 Å². The molecule has 0 atom stereocenters. The second kappa shape index (κ2) is 3.33.